The molecule has 0 aromatic heterocycles. The van der Waals surface area contributed by atoms with Crippen LogP contribution in [0.3, 0.4) is 0 Å². The van der Waals surface area contributed by atoms with Crippen molar-refractivity contribution in [3.63, 3.8) is 0 Å². The van der Waals surface area contributed by atoms with Crippen molar-refractivity contribution < 1.29 is 0 Å². The fourth-order valence-corrected chi connectivity index (χ4v) is 1.45. The van der Waals surface area contributed by atoms with E-state index in [9.17, 15) is 0 Å². The molecule has 1 fully saturated rings. The summed E-state index contributed by atoms with van der Waals surface area (Å²) in [7, 11) is 3.93. The third-order valence-corrected chi connectivity index (χ3v) is 2.92. The summed E-state index contributed by atoms with van der Waals surface area (Å²) < 4.78 is 0. The van der Waals surface area contributed by atoms with E-state index in [0.717, 1.165) is 0 Å². The summed E-state index contributed by atoms with van der Waals surface area (Å²) in [6.45, 7) is 7.05. The van der Waals surface area contributed by atoms with Gasteiger partial charge in [0.25, 0.3) is 0 Å². The van der Waals surface area contributed by atoms with Crippen LogP contribution in [0.5, 0.6) is 0 Å². The van der Waals surface area contributed by atoms with E-state index in [4.69, 9.17) is 0 Å². The van der Waals surface area contributed by atoms with Crippen LogP contribution in [0, 0.1) is 12.5 Å². The van der Waals surface area contributed by atoms with Crippen LogP contribution in [0.15, 0.2) is 0 Å². The molecule has 1 heterocycles. The van der Waals surface area contributed by atoms with Gasteiger partial charge in [-0.25, -0.2) is 0 Å². The average Bonchev–Trinajstić information content (AvgIpc) is 1.96. The molecular weight excluding hydrogens is 122 g/mol. The molecule has 1 rings (SSSR count). The summed E-state index contributed by atoms with van der Waals surface area (Å²) in [5, 5.41) is 0. The van der Waals surface area contributed by atoms with Gasteiger partial charge in [0, 0.05) is 0 Å². The van der Waals surface area contributed by atoms with Crippen LogP contribution in [-0.4, -0.2) is 18.0 Å². The molecule has 1 saturated heterocycles. The maximum absolute atomic E-state index is 3.93. The summed E-state index contributed by atoms with van der Waals surface area (Å²) in [6.07, 6.45) is 3.97. The lowest BCUT2D eigenvalue weighted by Crippen LogP contribution is -2.34. The maximum atomic E-state index is 3.93. The Bertz CT molecular complexity index is 101. The van der Waals surface area contributed by atoms with Crippen molar-refractivity contribution in [2.45, 2.75) is 33.1 Å². The Morgan fingerprint density at radius 1 is 1.40 bits per heavy atom. The highest BCUT2D eigenvalue weighted by Crippen LogP contribution is 2.33. The highest BCUT2D eigenvalue weighted by Gasteiger charge is 2.24. The van der Waals surface area contributed by atoms with Gasteiger partial charge >= 0.3 is 0 Å². The molecule has 0 bridgehead atoms. The van der Waals surface area contributed by atoms with Crippen molar-refractivity contribution in [3.8, 4) is 0 Å². The van der Waals surface area contributed by atoms with Gasteiger partial charge in [-0.2, -0.15) is 0 Å². The van der Waals surface area contributed by atoms with Crippen LogP contribution in [0.2, 0.25) is 0 Å². The predicted octanol–water partition coefficient (Wildman–Crippen LogP) is 2.29. The zero-order chi connectivity index (χ0) is 7.61. The van der Waals surface area contributed by atoms with Gasteiger partial charge in [-0.3, -0.25) is 7.05 Å². The highest BCUT2D eigenvalue weighted by molar-refractivity contribution is 4.80. The van der Waals surface area contributed by atoms with Crippen molar-refractivity contribution in [1.29, 1.82) is 0 Å². The summed E-state index contributed by atoms with van der Waals surface area (Å²) in [5.41, 5.74) is 0.619. The SMILES string of the molecule is [CH2-]N1CCC(C)(CC)CC1. The third-order valence-electron chi connectivity index (χ3n) is 2.92. The molecule has 60 valence electrons. The molecular formula is C9H18N-. The van der Waals surface area contributed by atoms with Crippen molar-refractivity contribution in [1.82, 2.24) is 4.90 Å². The molecule has 0 unspecified atom stereocenters. The largest absolute Gasteiger partial charge is 0.459 e. The Kier molecular flexibility index (Phi) is 2.35. The monoisotopic (exact) mass is 140 g/mol. The minimum atomic E-state index is 0.619. The number of rotatable bonds is 1. The lowest BCUT2D eigenvalue weighted by atomic mass is 9.78. The first-order chi connectivity index (χ1) is 4.66. The topological polar surface area (TPSA) is 3.24 Å². The molecule has 0 aromatic carbocycles. The molecule has 0 amide bonds. The van der Waals surface area contributed by atoms with E-state index >= 15 is 0 Å². The van der Waals surface area contributed by atoms with E-state index in [-0.39, 0.29) is 0 Å². The van der Waals surface area contributed by atoms with Gasteiger partial charge in [0.1, 0.15) is 0 Å². The number of hydrogen-bond donors (Lipinski definition) is 0. The number of nitrogens with zero attached hydrogens (tertiary/aromatic N) is 1. The summed E-state index contributed by atoms with van der Waals surface area (Å²) in [4.78, 5) is 2.18. The maximum Gasteiger partial charge on any atom is -0.0299 e. The zero-order valence-corrected chi connectivity index (χ0v) is 7.19. The Balaban J connectivity index is 2.38. The summed E-state index contributed by atoms with van der Waals surface area (Å²) in [6, 6.07) is 0. The van der Waals surface area contributed by atoms with Crippen LogP contribution < -0.4 is 0 Å². The van der Waals surface area contributed by atoms with Crippen molar-refractivity contribution in [3.05, 3.63) is 7.05 Å². The van der Waals surface area contributed by atoms with E-state index in [2.05, 4.69) is 25.8 Å². The molecule has 1 aliphatic rings. The fourth-order valence-electron chi connectivity index (χ4n) is 1.45. The molecule has 1 aliphatic heterocycles. The first-order valence-corrected chi connectivity index (χ1v) is 4.22. The number of likely N-dealkylation sites (tertiary alicyclic amines) is 1. The van der Waals surface area contributed by atoms with Gasteiger partial charge in [0.2, 0.25) is 0 Å². The zero-order valence-electron chi connectivity index (χ0n) is 7.19. The van der Waals surface area contributed by atoms with Crippen LogP contribution in [0.1, 0.15) is 33.1 Å². The average molecular weight is 140 g/mol. The predicted molar refractivity (Wildman–Crippen MR) is 44.6 cm³/mol. The molecule has 1 nitrogen and oxygen atoms in total. The molecule has 1 heteroatoms. The van der Waals surface area contributed by atoms with Gasteiger partial charge in [-0.15, -0.1) is 0 Å². The third kappa shape index (κ3) is 1.72. The fraction of sp³-hybridized carbons (Fsp3) is 0.889. The van der Waals surface area contributed by atoms with Crippen LogP contribution in [-0.2, 0) is 0 Å². The Labute approximate surface area is 64.4 Å². The summed E-state index contributed by atoms with van der Waals surface area (Å²) in [5.74, 6) is 0. The molecule has 0 aromatic rings. The van der Waals surface area contributed by atoms with Gasteiger partial charge in [0.05, 0.1) is 0 Å². The first-order valence-electron chi connectivity index (χ1n) is 4.22. The van der Waals surface area contributed by atoms with Crippen LogP contribution in [0.4, 0.5) is 0 Å². The van der Waals surface area contributed by atoms with Gasteiger partial charge in [-0.05, 0) is 31.3 Å². The minimum absolute atomic E-state index is 0.619. The highest BCUT2D eigenvalue weighted by atomic mass is 15.1. The van der Waals surface area contributed by atoms with E-state index in [1.54, 1.807) is 0 Å². The van der Waals surface area contributed by atoms with Gasteiger partial charge in [-0.1, -0.05) is 20.3 Å². The molecule has 0 radical (unpaired) electrons. The molecule has 0 spiro atoms. The van der Waals surface area contributed by atoms with Gasteiger partial charge < -0.3 is 4.90 Å². The lowest BCUT2D eigenvalue weighted by Gasteiger charge is -2.41. The van der Waals surface area contributed by atoms with E-state index in [1.807, 2.05) is 0 Å². The second-order valence-corrected chi connectivity index (χ2v) is 3.78. The smallest absolute Gasteiger partial charge is 0.0299 e. The van der Waals surface area contributed by atoms with E-state index in [1.165, 1.54) is 32.4 Å². The molecule has 0 atom stereocenters. The molecule has 0 N–H and O–H groups in total. The second kappa shape index (κ2) is 2.91. The molecule has 0 aliphatic carbocycles. The minimum Gasteiger partial charge on any atom is -0.459 e. The standard InChI is InChI=1S/C9H18N/c1-4-9(2)5-7-10(3)8-6-9/h3-8H2,1-2H3/q-1. The number of hydrogen-bond acceptors (Lipinski definition) is 1. The van der Waals surface area contributed by atoms with Crippen LogP contribution >= 0.6 is 0 Å². The van der Waals surface area contributed by atoms with E-state index < -0.39 is 0 Å². The Morgan fingerprint density at radius 3 is 2.30 bits per heavy atom. The normalized spacial score (nSPS) is 26.7. The second-order valence-electron chi connectivity index (χ2n) is 3.78. The van der Waals surface area contributed by atoms with Crippen molar-refractivity contribution >= 4 is 0 Å². The Morgan fingerprint density at radius 2 is 1.90 bits per heavy atom. The number of piperidine rings is 1. The van der Waals surface area contributed by atoms with Crippen LogP contribution in [0.25, 0.3) is 0 Å². The molecule has 0 saturated carbocycles. The quantitative estimate of drug-likeness (QED) is 0.505. The Hall–Kier alpha value is -0.0400. The first kappa shape index (κ1) is 8.06. The van der Waals surface area contributed by atoms with Crippen molar-refractivity contribution in [2.75, 3.05) is 13.1 Å². The van der Waals surface area contributed by atoms with Gasteiger partial charge in [0.15, 0.2) is 0 Å². The molecule has 10 heavy (non-hydrogen) atoms. The van der Waals surface area contributed by atoms with Crippen molar-refractivity contribution in [2.24, 2.45) is 5.41 Å². The van der Waals surface area contributed by atoms with E-state index in [0.29, 0.717) is 5.41 Å². The summed E-state index contributed by atoms with van der Waals surface area (Å²) >= 11 is 0. The lowest BCUT2D eigenvalue weighted by molar-refractivity contribution is 0.147.